The van der Waals surface area contributed by atoms with Gasteiger partial charge in [0.15, 0.2) is 5.82 Å². The Kier molecular flexibility index (Phi) is 7.86. The molecular weight excluding hydrogens is 635 g/mol. The third kappa shape index (κ3) is 5.61. The molecule has 1 unspecified atom stereocenters. The van der Waals surface area contributed by atoms with Crippen LogP contribution >= 0.6 is 0 Å². The molecule has 5 heterocycles. The van der Waals surface area contributed by atoms with E-state index in [1.165, 1.54) is 19.2 Å². The van der Waals surface area contributed by atoms with Gasteiger partial charge < -0.3 is 25.4 Å². The number of halogens is 3. The number of terminal acetylenes is 1. The maximum absolute atomic E-state index is 17.1. The molecule has 254 valence electrons. The Bertz CT molecular complexity index is 2050. The van der Waals surface area contributed by atoms with Crippen LogP contribution in [0.25, 0.3) is 32.9 Å². The quantitative estimate of drug-likeness (QED) is 0.149. The van der Waals surface area contributed by atoms with Crippen molar-refractivity contribution in [3.63, 3.8) is 0 Å². The molecule has 49 heavy (non-hydrogen) atoms. The van der Waals surface area contributed by atoms with Gasteiger partial charge in [-0.25, -0.2) is 18.2 Å². The zero-order valence-electron chi connectivity index (χ0n) is 27.1. The third-order valence-electron chi connectivity index (χ3n) is 10.3. The predicted octanol–water partition coefficient (Wildman–Crippen LogP) is 6.01. The van der Waals surface area contributed by atoms with Gasteiger partial charge in [0.25, 0.3) is 0 Å². The fourth-order valence-electron chi connectivity index (χ4n) is 7.88. The molecule has 0 amide bonds. The standard InChI is InChI=1S/C36H36F3N7O3/c1-3-24-26(38)9-8-20-12-22(40)14-25(28(20)24)31-30(39)32-29-33(44-35(43-32)48-18-36-10-5-11-46(36)17-21(37)15-36)41-16-23(45-47-2)7-4-6-19-13-27(19)49-34(29)42-31/h1,8-9,12,14,19,21,27H,4-7,10-11,13,15-18,40H2,2H3,(H,41,43,44)/b45-23+/t19-,21-,27?,36+/m1/s1. The lowest BCUT2D eigenvalue weighted by atomic mass is 9.95. The first-order chi connectivity index (χ1) is 23.8. The SMILES string of the molecule is C#Cc1c(F)ccc2cc(N)cc(-c3nc4c5c(nc(OC[C@@]67CCCN6C[C@H](F)C7)nc5c3F)NC/C(=N/OC)CCC[C@@H]3CC3O4)c12. The first-order valence-electron chi connectivity index (χ1n) is 16.7. The summed E-state index contributed by atoms with van der Waals surface area (Å²) in [5, 5.41) is 8.54. The number of nitrogens with one attached hydrogen (secondary N) is 1. The Balaban J connectivity index is 1.33. The molecule has 0 spiro atoms. The lowest BCUT2D eigenvalue weighted by Gasteiger charge is -2.30. The van der Waals surface area contributed by atoms with Crippen LogP contribution in [-0.4, -0.2) is 76.7 Å². The molecule has 0 radical (unpaired) electrons. The highest BCUT2D eigenvalue weighted by Crippen LogP contribution is 2.45. The van der Waals surface area contributed by atoms with Gasteiger partial charge in [0, 0.05) is 29.6 Å². The van der Waals surface area contributed by atoms with Crippen molar-refractivity contribution in [2.75, 3.05) is 44.4 Å². The van der Waals surface area contributed by atoms with E-state index in [-0.39, 0.29) is 70.6 Å². The molecule has 3 fully saturated rings. The zero-order valence-corrected chi connectivity index (χ0v) is 27.1. The summed E-state index contributed by atoms with van der Waals surface area (Å²) in [5.74, 6) is 1.60. The molecule has 4 atom stereocenters. The molecule has 8 rings (SSSR count). The molecule has 4 aromatic rings. The third-order valence-corrected chi connectivity index (χ3v) is 10.3. The van der Waals surface area contributed by atoms with E-state index in [1.807, 2.05) is 0 Å². The lowest BCUT2D eigenvalue weighted by molar-refractivity contribution is 0.107. The Hall–Kier alpha value is -4.83. The minimum Gasteiger partial charge on any atom is -0.473 e. The average Bonchev–Trinajstić information content (AvgIpc) is 3.57. The summed E-state index contributed by atoms with van der Waals surface area (Å²) in [6.07, 6.45) is 10.0. The molecule has 3 N–H and O–H groups in total. The summed E-state index contributed by atoms with van der Waals surface area (Å²) in [4.78, 5) is 21.3. The number of alkyl halides is 1. The van der Waals surface area contributed by atoms with E-state index in [0.717, 1.165) is 44.4 Å². The highest BCUT2D eigenvalue weighted by molar-refractivity contribution is 6.05. The first kappa shape index (κ1) is 31.4. The van der Waals surface area contributed by atoms with E-state index < -0.39 is 23.3 Å². The molecule has 3 aliphatic heterocycles. The minimum absolute atomic E-state index is 0.0391. The molecular formula is C36H36F3N7O3. The fourth-order valence-corrected chi connectivity index (χ4v) is 7.88. The Morgan fingerprint density at radius 2 is 2.08 bits per heavy atom. The van der Waals surface area contributed by atoms with E-state index in [2.05, 4.69) is 26.3 Å². The van der Waals surface area contributed by atoms with Crippen LogP contribution in [0.15, 0.2) is 29.4 Å². The Morgan fingerprint density at radius 3 is 2.92 bits per heavy atom. The summed E-state index contributed by atoms with van der Waals surface area (Å²) in [5.41, 5.74) is 6.77. The van der Waals surface area contributed by atoms with Gasteiger partial charge in [-0.05, 0) is 74.6 Å². The van der Waals surface area contributed by atoms with E-state index in [4.69, 9.17) is 36.4 Å². The maximum atomic E-state index is 17.1. The van der Waals surface area contributed by atoms with Crippen molar-refractivity contribution < 1.29 is 27.5 Å². The zero-order chi connectivity index (χ0) is 33.9. The number of hydrogen-bond donors (Lipinski definition) is 2. The van der Waals surface area contributed by atoms with Crippen molar-refractivity contribution in [2.45, 2.75) is 62.8 Å². The van der Waals surface area contributed by atoms with Gasteiger partial charge in [0.1, 0.15) is 54.2 Å². The monoisotopic (exact) mass is 671 g/mol. The fraction of sp³-hybridized carbons (Fsp3) is 0.444. The smallest absolute Gasteiger partial charge is 0.319 e. The molecule has 2 aromatic heterocycles. The summed E-state index contributed by atoms with van der Waals surface area (Å²) in [6.45, 7) is 1.54. The van der Waals surface area contributed by atoms with Crippen molar-refractivity contribution in [1.82, 2.24) is 19.9 Å². The molecule has 1 saturated carbocycles. The second kappa shape index (κ2) is 12.2. The van der Waals surface area contributed by atoms with Crippen LogP contribution in [-0.2, 0) is 4.84 Å². The molecule has 13 heteroatoms. The molecule has 1 aliphatic carbocycles. The summed E-state index contributed by atoms with van der Waals surface area (Å²) >= 11 is 0. The topological polar surface area (TPSA) is 120 Å². The highest BCUT2D eigenvalue weighted by atomic mass is 19.1. The number of oxime groups is 1. The van der Waals surface area contributed by atoms with Crippen LogP contribution in [0.1, 0.15) is 50.5 Å². The number of nitrogens with zero attached hydrogens (tertiary/aromatic N) is 5. The number of aromatic nitrogens is 3. The Morgan fingerprint density at radius 1 is 1.20 bits per heavy atom. The second-order valence-electron chi connectivity index (χ2n) is 13.5. The maximum Gasteiger partial charge on any atom is 0.319 e. The average molecular weight is 672 g/mol. The van der Waals surface area contributed by atoms with Gasteiger partial charge in [-0.3, -0.25) is 4.90 Å². The van der Waals surface area contributed by atoms with Gasteiger partial charge in [-0.1, -0.05) is 17.1 Å². The number of rotatable bonds is 5. The Labute approximate surface area is 281 Å². The van der Waals surface area contributed by atoms with Crippen LogP contribution in [0, 0.1) is 29.9 Å². The molecule has 10 nitrogen and oxygen atoms in total. The number of anilines is 2. The summed E-state index contributed by atoms with van der Waals surface area (Å²) in [6, 6.07) is 5.88. The van der Waals surface area contributed by atoms with Crippen molar-refractivity contribution >= 4 is 38.9 Å². The second-order valence-corrected chi connectivity index (χ2v) is 13.5. The van der Waals surface area contributed by atoms with Crippen LogP contribution in [0.3, 0.4) is 0 Å². The van der Waals surface area contributed by atoms with Crippen molar-refractivity contribution in [1.29, 1.82) is 0 Å². The van der Waals surface area contributed by atoms with E-state index >= 15 is 8.78 Å². The molecule has 2 aromatic carbocycles. The van der Waals surface area contributed by atoms with Crippen LogP contribution in [0.4, 0.5) is 24.7 Å². The van der Waals surface area contributed by atoms with Crippen LogP contribution in [0.5, 0.6) is 11.9 Å². The lowest BCUT2D eigenvalue weighted by Crippen LogP contribution is -2.43. The van der Waals surface area contributed by atoms with Gasteiger partial charge in [-0.2, -0.15) is 9.97 Å². The normalized spacial score (nSPS) is 25.9. The van der Waals surface area contributed by atoms with Crippen LogP contribution in [0.2, 0.25) is 0 Å². The van der Waals surface area contributed by atoms with Gasteiger partial charge in [0.05, 0.1) is 23.4 Å². The largest absolute Gasteiger partial charge is 0.473 e. The summed E-state index contributed by atoms with van der Waals surface area (Å²) < 4.78 is 59.5. The van der Waals surface area contributed by atoms with E-state index in [1.54, 1.807) is 12.1 Å². The van der Waals surface area contributed by atoms with Gasteiger partial charge >= 0.3 is 6.01 Å². The van der Waals surface area contributed by atoms with Gasteiger partial charge in [0.2, 0.25) is 5.88 Å². The van der Waals surface area contributed by atoms with E-state index in [9.17, 15) is 4.39 Å². The highest BCUT2D eigenvalue weighted by Gasteiger charge is 2.49. The molecule has 4 aliphatic rings. The number of fused-ring (bicyclic) bond motifs is 3. The van der Waals surface area contributed by atoms with Crippen LogP contribution < -0.4 is 20.5 Å². The molecule has 0 bridgehead atoms. The van der Waals surface area contributed by atoms with Crippen molar-refractivity contribution in [3.05, 3.63) is 41.5 Å². The van der Waals surface area contributed by atoms with E-state index in [0.29, 0.717) is 35.8 Å². The number of nitrogen functional groups attached to an aromatic ring is 1. The van der Waals surface area contributed by atoms with Crippen molar-refractivity contribution in [2.24, 2.45) is 11.1 Å². The number of ether oxygens (including phenoxy) is 2. The number of pyridine rings is 1. The summed E-state index contributed by atoms with van der Waals surface area (Å²) in [7, 11) is 1.49. The first-order valence-corrected chi connectivity index (χ1v) is 16.7. The minimum atomic E-state index is -0.946. The van der Waals surface area contributed by atoms with Crippen molar-refractivity contribution in [3.8, 4) is 35.5 Å². The predicted molar refractivity (Wildman–Crippen MR) is 180 cm³/mol. The van der Waals surface area contributed by atoms with Gasteiger partial charge in [-0.15, -0.1) is 6.42 Å². The number of benzene rings is 2. The number of hydrogen-bond acceptors (Lipinski definition) is 10. The number of nitrogens with two attached hydrogens (primary N) is 1. The molecule has 2 saturated heterocycles.